The summed E-state index contributed by atoms with van der Waals surface area (Å²) in [7, 11) is 1.31. The highest BCUT2D eigenvalue weighted by Gasteiger charge is 2.22. The monoisotopic (exact) mass is 396 g/mol. The highest BCUT2D eigenvalue weighted by molar-refractivity contribution is 6.30. The van der Waals surface area contributed by atoms with E-state index in [4.69, 9.17) is 16.3 Å². The molecule has 0 bridgehead atoms. The second-order valence-corrected chi connectivity index (χ2v) is 7.13. The van der Waals surface area contributed by atoms with Crippen LogP contribution in [0.15, 0.2) is 48.5 Å². The number of ether oxygens (including phenoxy) is 1. The SMILES string of the molecule is COC(=O)CN(Cc1ccc(Cl)cc1)C(=O)c1cc(C)nc2ccc(C)cc12. The Morgan fingerprint density at radius 1 is 1.07 bits per heavy atom. The van der Waals surface area contributed by atoms with Gasteiger partial charge in [0.1, 0.15) is 6.54 Å². The van der Waals surface area contributed by atoms with Gasteiger partial charge in [0.05, 0.1) is 18.2 Å². The van der Waals surface area contributed by atoms with E-state index in [-0.39, 0.29) is 19.0 Å². The molecule has 2 aromatic carbocycles. The van der Waals surface area contributed by atoms with Gasteiger partial charge in [-0.05, 0) is 49.7 Å². The molecule has 0 saturated carbocycles. The van der Waals surface area contributed by atoms with E-state index in [1.54, 1.807) is 18.2 Å². The van der Waals surface area contributed by atoms with Crippen LogP contribution < -0.4 is 0 Å². The summed E-state index contributed by atoms with van der Waals surface area (Å²) in [6, 6.07) is 14.7. The van der Waals surface area contributed by atoms with E-state index in [0.717, 1.165) is 27.7 Å². The Hall–Kier alpha value is -2.92. The molecule has 1 heterocycles. The minimum absolute atomic E-state index is 0.146. The Bertz CT molecular complexity index is 1030. The summed E-state index contributed by atoms with van der Waals surface area (Å²) < 4.78 is 4.79. The van der Waals surface area contributed by atoms with Crippen molar-refractivity contribution in [3.63, 3.8) is 0 Å². The van der Waals surface area contributed by atoms with E-state index in [9.17, 15) is 9.59 Å². The predicted molar refractivity (Wildman–Crippen MR) is 109 cm³/mol. The number of amides is 1. The molecular formula is C22H21ClN2O3. The number of carbonyl (C=O) groups is 2. The molecule has 3 aromatic rings. The van der Waals surface area contributed by atoms with Crippen LogP contribution in [0.25, 0.3) is 10.9 Å². The summed E-state index contributed by atoms with van der Waals surface area (Å²) in [5, 5.41) is 1.38. The molecular weight excluding hydrogens is 376 g/mol. The van der Waals surface area contributed by atoms with E-state index < -0.39 is 5.97 Å². The van der Waals surface area contributed by atoms with E-state index in [2.05, 4.69) is 4.98 Å². The largest absolute Gasteiger partial charge is 0.468 e. The molecule has 0 fully saturated rings. The summed E-state index contributed by atoms with van der Waals surface area (Å²) >= 11 is 5.95. The van der Waals surface area contributed by atoms with Gasteiger partial charge in [0.25, 0.3) is 5.91 Å². The molecule has 0 spiro atoms. The summed E-state index contributed by atoms with van der Waals surface area (Å²) in [4.78, 5) is 31.3. The smallest absolute Gasteiger partial charge is 0.325 e. The van der Waals surface area contributed by atoms with Crippen LogP contribution in [0.2, 0.25) is 5.02 Å². The molecule has 0 atom stereocenters. The lowest BCUT2D eigenvalue weighted by atomic mass is 10.0. The Labute approximate surface area is 168 Å². The number of hydrogen-bond acceptors (Lipinski definition) is 4. The first-order valence-corrected chi connectivity index (χ1v) is 9.23. The summed E-state index contributed by atoms with van der Waals surface area (Å²) in [6.45, 7) is 3.93. The highest BCUT2D eigenvalue weighted by Crippen LogP contribution is 2.22. The van der Waals surface area contributed by atoms with Gasteiger partial charge >= 0.3 is 5.97 Å². The van der Waals surface area contributed by atoms with Gasteiger partial charge in [-0.15, -0.1) is 0 Å². The lowest BCUT2D eigenvalue weighted by molar-refractivity contribution is -0.141. The van der Waals surface area contributed by atoms with Gasteiger partial charge in [0.15, 0.2) is 0 Å². The zero-order valence-electron chi connectivity index (χ0n) is 16.0. The van der Waals surface area contributed by atoms with Crippen LogP contribution in [-0.4, -0.2) is 35.4 Å². The second kappa shape index (κ2) is 8.40. The van der Waals surface area contributed by atoms with Crippen molar-refractivity contribution in [3.8, 4) is 0 Å². The van der Waals surface area contributed by atoms with E-state index >= 15 is 0 Å². The minimum Gasteiger partial charge on any atom is -0.468 e. The number of carbonyl (C=O) groups excluding carboxylic acids is 2. The molecule has 0 saturated heterocycles. The first-order valence-electron chi connectivity index (χ1n) is 8.86. The van der Waals surface area contributed by atoms with Crippen molar-refractivity contribution < 1.29 is 14.3 Å². The van der Waals surface area contributed by atoms with Crippen LogP contribution in [-0.2, 0) is 16.1 Å². The number of esters is 1. The average Bonchev–Trinajstić information content (AvgIpc) is 2.68. The molecule has 144 valence electrons. The van der Waals surface area contributed by atoms with Crippen LogP contribution in [0.1, 0.15) is 27.2 Å². The minimum atomic E-state index is -0.478. The Morgan fingerprint density at radius 3 is 2.46 bits per heavy atom. The van der Waals surface area contributed by atoms with Crippen molar-refractivity contribution in [1.29, 1.82) is 0 Å². The number of hydrogen-bond donors (Lipinski definition) is 0. The van der Waals surface area contributed by atoms with Crippen LogP contribution in [0.3, 0.4) is 0 Å². The van der Waals surface area contributed by atoms with Crippen molar-refractivity contribution in [2.24, 2.45) is 0 Å². The van der Waals surface area contributed by atoms with Crippen molar-refractivity contribution in [1.82, 2.24) is 9.88 Å². The van der Waals surface area contributed by atoms with Crippen molar-refractivity contribution in [2.45, 2.75) is 20.4 Å². The van der Waals surface area contributed by atoms with Gasteiger partial charge < -0.3 is 9.64 Å². The number of nitrogens with zero attached hydrogens (tertiary/aromatic N) is 2. The maximum Gasteiger partial charge on any atom is 0.325 e. The van der Waals surface area contributed by atoms with E-state index in [1.807, 2.05) is 44.2 Å². The van der Waals surface area contributed by atoms with Gasteiger partial charge in [0, 0.05) is 22.6 Å². The molecule has 0 aliphatic heterocycles. The number of fused-ring (bicyclic) bond motifs is 1. The van der Waals surface area contributed by atoms with Crippen molar-refractivity contribution in [3.05, 3.63) is 75.9 Å². The number of aryl methyl sites for hydroxylation is 2. The quantitative estimate of drug-likeness (QED) is 0.602. The molecule has 0 aliphatic rings. The first-order chi connectivity index (χ1) is 13.4. The third-order valence-corrected chi connectivity index (χ3v) is 4.70. The second-order valence-electron chi connectivity index (χ2n) is 6.70. The van der Waals surface area contributed by atoms with Gasteiger partial charge in [-0.25, -0.2) is 0 Å². The number of halogens is 1. The molecule has 3 rings (SSSR count). The Balaban J connectivity index is 2.03. The van der Waals surface area contributed by atoms with Crippen LogP contribution in [0.5, 0.6) is 0 Å². The normalized spacial score (nSPS) is 10.7. The number of methoxy groups -OCH3 is 1. The lowest BCUT2D eigenvalue weighted by Crippen LogP contribution is -2.36. The molecule has 0 N–H and O–H groups in total. The lowest BCUT2D eigenvalue weighted by Gasteiger charge is -2.23. The molecule has 28 heavy (non-hydrogen) atoms. The van der Waals surface area contributed by atoms with Crippen molar-refractivity contribution >= 4 is 34.4 Å². The summed E-state index contributed by atoms with van der Waals surface area (Å²) in [5.41, 5.74) is 3.91. The molecule has 1 aromatic heterocycles. The third kappa shape index (κ3) is 4.49. The molecule has 0 unspecified atom stereocenters. The van der Waals surface area contributed by atoms with Gasteiger partial charge in [-0.1, -0.05) is 35.4 Å². The number of aromatic nitrogens is 1. The highest BCUT2D eigenvalue weighted by atomic mass is 35.5. The van der Waals surface area contributed by atoms with Gasteiger partial charge in [-0.3, -0.25) is 14.6 Å². The Morgan fingerprint density at radius 2 is 1.79 bits per heavy atom. The Kier molecular flexibility index (Phi) is 5.95. The van der Waals surface area contributed by atoms with E-state index in [0.29, 0.717) is 10.6 Å². The molecule has 0 radical (unpaired) electrons. The van der Waals surface area contributed by atoms with Gasteiger partial charge in [-0.2, -0.15) is 0 Å². The fourth-order valence-electron chi connectivity index (χ4n) is 3.05. The van der Waals surface area contributed by atoms with Crippen LogP contribution in [0.4, 0.5) is 0 Å². The molecule has 1 amide bonds. The number of rotatable bonds is 5. The van der Waals surface area contributed by atoms with Crippen molar-refractivity contribution in [2.75, 3.05) is 13.7 Å². The van der Waals surface area contributed by atoms with Gasteiger partial charge in [0.2, 0.25) is 0 Å². The fraction of sp³-hybridized carbons (Fsp3) is 0.227. The van der Waals surface area contributed by atoms with Crippen LogP contribution >= 0.6 is 11.6 Å². The predicted octanol–water partition coefficient (Wildman–Crippen LogP) is 4.32. The first kappa shape index (κ1) is 19.8. The zero-order chi connectivity index (χ0) is 20.3. The number of benzene rings is 2. The molecule has 0 aliphatic carbocycles. The number of pyridine rings is 1. The fourth-order valence-corrected chi connectivity index (χ4v) is 3.18. The topological polar surface area (TPSA) is 59.5 Å². The summed E-state index contributed by atoms with van der Waals surface area (Å²) in [6.07, 6.45) is 0. The summed E-state index contributed by atoms with van der Waals surface area (Å²) in [5.74, 6) is -0.727. The van der Waals surface area contributed by atoms with Crippen LogP contribution in [0, 0.1) is 13.8 Å². The standard InChI is InChI=1S/C22H21ClN2O3/c1-14-4-9-20-18(10-14)19(11-15(2)24-20)22(27)25(13-21(26)28-3)12-16-5-7-17(23)8-6-16/h4-11H,12-13H2,1-3H3. The maximum absolute atomic E-state index is 13.4. The van der Waals surface area contributed by atoms with E-state index in [1.165, 1.54) is 12.0 Å². The average molecular weight is 397 g/mol. The maximum atomic E-state index is 13.4. The third-order valence-electron chi connectivity index (χ3n) is 4.44. The zero-order valence-corrected chi connectivity index (χ0v) is 16.8. The molecule has 6 heteroatoms. The molecule has 5 nitrogen and oxygen atoms in total.